The van der Waals surface area contributed by atoms with Crippen molar-refractivity contribution in [3.05, 3.63) is 21.3 Å². The van der Waals surface area contributed by atoms with Crippen LogP contribution < -0.4 is 0 Å². The Morgan fingerprint density at radius 1 is 1.58 bits per heavy atom. The van der Waals surface area contributed by atoms with Crippen molar-refractivity contribution in [1.29, 1.82) is 0 Å². The molecular formula is C8H11ClO2S. The van der Waals surface area contributed by atoms with Crippen molar-refractivity contribution < 1.29 is 9.84 Å². The summed E-state index contributed by atoms with van der Waals surface area (Å²) in [6.07, 6.45) is -0.771. The highest BCUT2D eigenvalue weighted by molar-refractivity contribution is 7.16. The minimum absolute atomic E-state index is 0.195. The maximum Gasteiger partial charge on any atom is 0.114 e. The third kappa shape index (κ3) is 2.20. The number of thiophene rings is 1. The van der Waals surface area contributed by atoms with Gasteiger partial charge in [0.25, 0.3) is 0 Å². The van der Waals surface area contributed by atoms with Crippen molar-refractivity contribution in [3.63, 3.8) is 0 Å². The van der Waals surface area contributed by atoms with Crippen LogP contribution in [0.25, 0.3) is 0 Å². The van der Waals surface area contributed by atoms with E-state index in [1.54, 1.807) is 13.2 Å². The van der Waals surface area contributed by atoms with Gasteiger partial charge in [0.2, 0.25) is 0 Å². The molecular weight excluding hydrogens is 196 g/mol. The quantitative estimate of drug-likeness (QED) is 0.824. The van der Waals surface area contributed by atoms with E-state index >= 15 is 0 Å². The first-order valence-corrected chi connectivity index (χ1v) is 4.80. The lowest BCUT2D eigenvalue weighted by atomic mass is 10.2. The molecule has 0 saturated carbocycles. The summed E-state index contributed by atoms with van der Waals surface area (Å²) < 4.78 is 5.68. The van der Waals surface area contributed by atoms with Crippen molar-refractivity contribution >= 4 is 22.9 Å². The Morgan fingerprint density at radius 2 is 2.25 bits per heavy atom. The van der Waals surface area contributed by atoms with Gasteiger partial charge >= 0.3 is 0 Å². The Kier molecular flexibility index (Phi) is 3.53. The number of rotatable bonds is 3. The Balaban J connectivity index is 2.70. The normalized spacial score (nSPS) is 16.0. The number of aliphatic hydroxyl groups is 1. The van der Waals surface area contributed by atoms with Gasteiger partial charge in [0.15, 0.2) is 0 Å². The zero-order chi connectivity index (χ0) is 9.14. The highest BCUT2D eigenvalue weighted by Crippen LogP contribution is 2.29. The summed E-state index contributed by atoms with van der Waals surface area (Å²) in [6, 6.07) is 3.58. The predicted octanol–water partition coefficient (Wildman–Crippen LogP) is 2.47. The molecule has 1 aromatic heterocycles. The van der Waals surface area contributed by atoms with E-state index in [1.165, 1.54) is 11.3 Å². The molecule has 0 bridgehead atoms. The minimum Gasteiger partial charge on any atom is -0.385 e. The van der Waals surface area contributed by atoms with Crippen LogP contribution in [0.4, 0.5) is 0 Å². The van der Waals surface area contributed by atoms with Gasteiger partial charge < -0.3 is 9.84 Å². The standard InChI is InChI=1S/C8H11ClO2S/c1-5(11-2)8(10)6-3-4-7(9)12-6/h3-5,8,10H,1-2H3. The fourth-order valence-electron chi connectivity index (χ4n) is 0.847. The second-order valence-electron chi connectivity index (χ2n) is 2.53. The number of halogens is 1. The van der Waals surface area contributed by atoms with Crippen molar-refractivity contribution in [1.82, 2.24) is 0 Å². The van der Waals surface area contributed by atoms with Crippen LogP contribution in [0.1, 0.15) is 17.9 Å². The smallest absolute Gasteiger partial charge is 0.114 e. The number of aliphatic hydroxyl groups excluding tert-OH is 1. The summed E-state index contributed by atoms with van der Waals surface area (Å²) >= 11 is 7.09. The first-order valence-electron chi connectivity index (χ1n) is 3.61. The lowest BCUT2D eigenvalue weighted by molar-refractivity contribution is 0.000432. The molecule has 0 aliphatic heterocycles. The van der Waals surface area contributed by atoms with E-state index in [-0.39, 0.29) is 6.10 Å². The molecule has 0 aromatic carbocycles. The van der Waals surface area contributed by atoms with E-state index in [1.807, 2.05) is 13.0 Å². The summed E-state index contributed by atoms with van der Waals surface area (Å²) in [5.41, 5.74) is 0. The van der Waals surface area contributed by atoms with Crippen LogP contribution in [0.15, 0.2) is 12.1 Å². The maximum atomic E-state index is 9.63. The molecule has 0 fully saturated rings. The molecule has 0 saturated heterocycles. The average molecular weight is 207 g/mol. The van der Waals surface area contributed by atoms with E-state index in [0.29, 0.717) is 4.34 Å². The molecule has 12 heavy (non-hydrogen) atoms. The number of ether oxygens (including phenoxy) is 1. The number of hydrogen-bond acceptors (Lipinski definition) is 3. The molecule has 1 rings (SSSR count). The minimum atomic E-state index is -0.576. The highest BCUT2D eigenvalue weighted by atomic mass is 35.5. The van der Waals surface area contributed by atoms with Gasteiger partial charge in [0, 0.05) is 12.0 Å². The van der Waals surface area contributed by atoms with E-state index in [4.69, 9.17) is 16.3 Å². The molecule has 68 valence electrons. The Morgan fingerprint density at radius 3 is 2.67 bits per heavy atom. The lowest BCUT2D eigenvalue weighted by Gasteiger charge is -2.15. The molecule has 0 aliphatic rings. The largest absolute Gasteiger partial charge is 0.385 e. The fraction of sp³-hybridized carbons (Fsp3) is 0.500. The monoisotopic (exact) mass is 206 g/mol. The summed E-state index contributed by atoms with van der Waals surface area (Å²) in [5.74, 6) is 0. The molecule has 2 nitrogen and oxygen atoms in total. The fourth-order valence-corrected chi connectivity index (χ4v) is 1.99. The molecule has 0 spiro atoms. The second-order valence-corrected chi connectivity index (χ2v) is 4.27. The van der Waals surface area contributed by atoms with Crippen molar-refractivity contribution in [2.24, 2.45) is 0 Å². The van der Waals surface area contributed by atoms with Crippen LogP contribution in [0.3, 0.4) is 0 Å². The average Bonchev–Trinajstić information content (AvgIpc) is 2.49. The molecule has 1 aromatic rings. The highest BCUT2D eigenvalue weighted by Gasteiger charge is 2.17. The summed E-state index contributed by atoms with van der Waals surface area (Å²) in [6.45, 7) is 1.82. The van der Waals surface area contributed by atoms with Crippen LogP contribution in [0.5, 0.6) is 0 Å². The molecule has 4 heteroatoms. The van der Waals surface area contributed by atoms with Crippen LogP contribution in [0, 0.1) is 0 Å². The topological polar surface area (TPSA) is 29.5 Å². The zero-order valence-corrected chi connectivity index (χ0v) is 8.52. The van der Waals surface area contributed by atoms with Crippen molar-refractivity contribution in [2.45, 2.75) is 19.1 Å². The van der Waals surface area contributed by atoms with Gasteiger partial charge in [-0.3, -0.25) is 0 Å². The zero-order valence-electron chi connectivity index (χ0n) is 6.95. The molecule has 0 amide bonds. The SMILES string of the molecule is COC(C)C(O)c1ccc(Cl)s1. The van der Waals surface area contributed by atoms with Gasteiger partial charge in [-0.1, -0.05) is 11.6 Å². The van der Waals surface area contributed by atoms with Crippen LogP contribution >= 0.6 is 22.9 Å². The third-order valence-corrected chi connectivity index (χ3v) is 3.00. The van der Waals surface area contributed by atoms with Gasteiger partial charge in [-0.25, -0.2) is 0 Å². The van der Waals surface area contributed by atoms with Crippen LogP contribution in [-0.4, -0.2) is 18.3 Å². The van der Waals surface area contributed by atoms with Crippen molar-refractivity contribution in [2.75, 3.05) is 7.11 Å². The van der Waals surface area contributed by atoms with E-state index < -0.39 is 6.10 Å². The molecule has 0 radical (unpaired) electrons. The summed E-state index contributed by atoms with van der Waals surface area (Å²) in [7, 11) is 1.57. The van der Waals surface area contributed by atoms with Gasteiger partial charge in [-0.15, -0.1) is 11.3 Å². The van der Waals surface area contributed by atoms with Gasteiger partial charge in [0.1, 0.15) is 6.10 Å². The number of methoxy groups -OCH3 is 1. The molecule has 1 N–H and O–H groups in total. The Bertz CT molecular complexity index is 249. The van der Waals surface area contributed by atoms with Gasteiger partial charge in [-0.2, -0.15) is 0 Å². The first-order chi connectivity index (χ1) is 5.65. The predicted molar refractivity (Wildman–Crippen MR) is 50.8 cm³/mol. The Hall–Kier alpha value is -0.0900. The van der Waals surface area contributed by atoms with Gasteiger partial charge in [0.05, 0.1) is 10.4 Å². The van der Waals surface area contributed by atoms with E-state index in [9.17, 15) is 5.11 Å². The van der Waals surface area contributed by atoms with E-state index in [0.717, 1.165) is 4.88 Å². The molecule has 2 atom stereocenters. The molecule has 1 heterocycles. The maximum absolute atomic E-state index is 9.63. The first kappa shape index (κ1) is 9.99. The summed E-state index contributed by atoms with van der Waals surface area (Å²) in [4.78, 5) is 0.842. The summed E-state index contributed by atoms with van der Waals surface area (Å²) in [5, 5.41) is 9.63. The van der Waals surface area contributed by atoms with Crippen LogP contribution in [-0.2, 0) is 4.74 Å². The molecule has 2 unspecified atom stereocenters. The van der Waals surface area contributed by atoms with E-state index in [2.05, 4.69) is 0 Å². The number of hydrogen-bond donors (Lipinski definition) is 1. The van der Waals surface area contributed by atoms with Gasteiger partial charge in [-0.05, 0) is 19.1 Å². The second kappa shape index (κ2) is 4.23. The van der Waals surface area contributed by atoms with Crippen molar-refractivity contribution in [3.8, 4) is 0 Å². The lowest BCUT2D eigenvalue weighted by Crippen LogP contribution is -2.15. The Labute approximate surface area is 80.7 Å². The molecule has 0 aliphatic carbocycles. The third-order valence-electron chi connectivity index (χ3n) is 1.70. The van der Waals surface area contributed by atoms with Crippen LogP contribution in [0.2, 0.25) is 4.34 Å².